The van der Waals surface area contributed by atoms with Crippen molar-refractivity contribution in [1.29, 1.82) is 0 Å². The molecule has 3 rings (SSSR count). The minimum absolute atomic E-state index is 0.623. The topological polar surface area (TPSA) is 43.8 Å². The second-order valence-electron chi connectivity index (χ2n) is 4.95. The molecule has 0 aliphatic rings. The first-order valence-corrected chi connectivity index (χ1v) is 7.57. The first kappa shape index (κ1) is 14.2. The van der Waals surface area contributed by atoms with Crippen LogP contribution in [0, 0.1) is 0 Å². The molecule has 0 atom stereocenters. The van der Waals surface area contributed by atoms with Crippen LogP contribution in [0.25, 0.3) is 22.4 Å². The van der Waals surface area contributed by atoms with Crippen molar-refractivity contribution in [2.24, 2.45) is 0 Å². The van der Waals surface area contributed by atoms with Gasteiger partial charge in [0.15, 0.2) is 0 Å². The summed E-state index contributed by atoms with van der Waals surface area (Å²) in [5.74, 6) is 0.850. The molecule has 1 aromatic heterocycles. The van der Waals surface area contributed by atoms with Crippen LogP contribution in [0.3, 0.4) is 0 Å². The molecule has 0 unspecified atom stereocenters. The van der Waals surface area contributed by atoms with E-state index in [0.29, 0.717) is 15.7 Å². The van der Waals surface area contributed by atoms with Crippen LogP contribution in [0.2, 0.25) is 10.0 Å². The molecule has 0 spiro atoms. The summed E-state index contributed by atoms with van der Waals surface area (Å²) in [6.07, 6.45) is 0.998. The summed E-state index contributed by atoms with van der Waals surface area (Å²) in [6.45, 7) is 2.99. The number of aryl methyl sites for hydroxylation is 1. The Morgan fingerprint density at radius 3 is 2.52 bits per heavy atom. The Labute approximate surface area is 133 Å². The van der Waals surface area contributed by atoms with Gasteiger partial charge in [-0.3, -0.25) is 0 Å². The van der Waals surface area contributed by atoms with Crippen molar-refractivity contribution < 1.29 is 0 Å². The molecule has 3 aromatic rings. The summed E-state index contributed by atoms with van der Waals surface area (Å²) < 4.78 is 2.15. The summed E-state index contributed by atoms with van der Waals surface area (Å²) in [5.41, 5.74) is 9.56. The normalized spacial score (nSPS) is 11.2. The Kier molecular flexibility index (Phi) is 3.79. The van der Waals surface area contributed by atoms with Crippen LogP contribution in [-0.4, -0.2) is 9.55 Å². The Morgan fingerprint density at radius 1 is 1.10 bits per heavy atom. The van der Waals surface area contributed by atoms with E-state index in [-0.39, 0.29) is 0 Å². The van der Waals surface area contributed by atoms with Gasteiger partial charge in [0.05, 0.1) is 11.0 Å². The van der Waals surface area contributed by atoms with Gasteiger partial charge in [0, 0.05) is 27.8 Å². The Morgan fingerprint density at radius 2 is 1.81 bits per heavy atom. The number of anilines is 1. The number of hydrogen-bond acceptors (Lipinski definition) is 2. The largest absolute Gasteiger partial charge is 0.398 e. The van der Waals surface area contributed by atoms with Crippen molar-refractivity contribution in [2.45, 2.75) is 19.9 Å². The van der Waals surface area contributed by atoms with Gasteiger partial charge in [-0.1, -0.05) is 30.1 Å². The van der Waals surface area contributed by atoms with E-state index in [1.807, 2.05) is 30.3 Å². The van der Waals surface area contributed by atoms with E-state index in [0.717, 1.165) is 35.4 Å². The minimum atomic E-state index is 0.623. The number of imidazole rings is 1. The van der Waals surface area contributed by atoms with Crippen LogP contribution >= 0.6 is 23.2 Å². The van der Waals surface area contributed by atoms with Gasteiger partial charge in [-0.05, 0) is 42.8 Å². The number of benzene rings is 2. The molecule has 0 fully saturated rings. The van der Waals surface area contributed by atoms with Gasteiger partial charge in [0.25, 0.3) is 0 Å². The SMILES string of the molecule is CCCn1c(-c2ccc(Cl)cc2N)nc2ccc(Cl)cc21. The Bertz CT molecular complexity index is 809. The smallest absolute Gasteiger partial charge is 0.143 e. The van der Waals surface area contributed by atoms with E-state index >= 15 is 0 Å². The van der Waals surface area contributed by atoms with Gasteiger partial charge in [-0.2, -0.15) is 0 Å². The predicted molar refractivity (Wildman–Crippen MR) is 89.9 cm³/mol. The van der Waals surface area contributed by atoms with E-state index in [1.54, 1.807) is 6.07 Å². The van der Waals surface area contributed by atoms with E-state index in [9.17, 15) is 0 Å². The molecule has 1 heterocycles. The van der Waals surface area contributed by atoms with Gasteiger partial charge >= 0.3 is 0 Å². The standard InChI is InChI=1S/C16H15Cl2N3/c1-2-7-21-15-9-11(18)4-6-14(15)20-16(21)12-5-3-10(17)8-13(12)19/h3-6,8-9H,2,7,19H2,1H3. The fourth-order valence-electron chi connectivity index (χ4n) is 2.49. The number of nitrogen functional groups attached to an aromatic ring is 1. The van der Waals surface area contributed by atoms with Gasteiger partial charge in [0.2, 0.25) is 0 Å². The first-order chi connectivity index (χ1) is 10.1. The molecule has 0 saturated carbocycles. The van der Waals surface area contributed by atoms with Gasteiger partial charge < -0.3 is 10.3 Å². The molecule has 0 saturated heterocycles. The van der Waals surface area contributed by atoms with Crippen molar-refractivity contribution >= 4 is 39.9 Å². The van der Waals surface area contributed by atoms with E-state index in [1.165, 1.54) is 0 Å². The van der Waals surface area contributed by atoms with Crippen LogP contribution in [0.4, 0.5) is 5.69 Å². The second kappa shape index (κ2) is 5.58. The van der Waals surface area contributed by atoms with Crippen LogP contribution in [-0.2, 0) is 6.54 Å². The van der Waals surface area contributed by atoms with E-state index < -0.39 is 0 Å². The van der Waals surface area contributed by atoms with Gasteiger partial charge in [0.1, 0.15) is 5.82 Å². The minimum Gasteiger partial charge on any atom is -0.398 e. The van der Waals surface area contributed by atoms with Crippen molar-refractivity contribution in [3.63, 3.8) is 0 Å². The number of fused-ring (bicyclic) bond motifs is 1. The molecule has 3 nitrogen and oxygen atoms in total. The zero-order valence-corrected chi connectivity index (χ0v) is 13.1. The molecule has 2 N–H and O–H groups in total. The summed E-state index contributed by atoms with van der Waals surface area (Å²) in [7, 11) is 0. The maximum absolute atomic E-state index is 6.11. The Balaban J connectivity index is 2.28. The third kappa shape index (κ3) is 2.59. The summed E-state index contributed by atoms with van der Waals surface area (Å²) in [6, 6.07) is 11.2. The molecule has 0 aliphatic heterocycles. The molecule has 21 heavy (non-hydrogen) atoms. The number of aromatic nitrogens is 2. The lowest BCUT2D eigenvalue weighted by molar-refractivity contribution is 0.704. The summed E-state index contributed by atoms with van der Waals surface area (Å²) in [4.78, 5) is 4.71. The molecule has 2 aromatic carbocycles. The van der Waals surface area contributed by atoms with Crippen molar-refractivity contribution in [3.05, 3.63) is 46.4 Å². The number of rotatable bonds is 3. The Hall–Kier alpha value is -1.71. The highest BCUT2D eigenvalue weighted by atomic mass is 35.5. The predicted octanol–water partition coefficient (Wildman–Crippen LogP) is 5.00. The molecule has 0 bridgehead atoms. The number of halogens is 2. The summed E-state index contributed by atoms with van der Waals surface area (Å²) in [5, 5.41) is 1.33. The molecular weight excluding hydrogens is 305 g/mol. The lowest BCUT2D eigenvalue weighted by atomic mass is 10.1. The fourth-order valence-corrected chi connectivity index (χ4v) is 2.84. The molecular formula is C16H15Cl2N3. The van der Waals surface area contributed by atoms with Crippen molar-refractivity contribution in [1.82, 2.24) is 9.55 Å². The molecule has 5 heteroatoms. The molecule has 0 radical (unpaired) electrons. The van der Waals surface area contributed by atoms with Crippen LogP contribution in [0.15, 0.2) is 36.4 Å². The number of hydrogen-bond donors (Lipinski definition) is 1. The zero-order chi connectivity index (χ0) is 15.0. The van der Waals surface area contributed by atoms with Crippen molar-refractivity contribution in [3.8, 4) is 11.4 Å². The average molecular weight is 320 g/mol. The maximum atomic E-state index is 6.11. The van der Waals surface area contributed by atoms with Gasteiger partial charge in [-0.25, -0.2) is 4.98 Å². The fraction of sp³-hybridized carbons (Fsp3) is 0.188. The highest BCUT2D eigenvalue weighted by Gasteiger charge is 2.14. The van der Waals surface area contributed by atoms with Crippen LogP contribution in [0.5, 0.6) is 0 Å². The third-order valence-corrected chi connectivity index (χ3v) is 3.88. The van der Waals surface area contributed by atoms with Crippen molar-refractivity contribution in [2.75, 3.05) is 5.73 Å². The van der Waals surface area contributed by atoms with Crippen LogP contribution in [0.1, 0.15) is 13.3 Å². The first-order valence-electron chi connectivity index (χ1n) is 6.81. The average Bonchev–Trinajstić information content (AvgIpc) is 2.78. The lowest BCUT2D eigenvalue weighted by Gasteiger charge is -2.10. The van der Waals surface area contributed by atoms with E-state index in [2.05, 4.69) is 11.5 Å². The summed E-state index contributed by atoms with van der Waals surface area (Å²) >= 11 is 12.1. The van der Waals surface area contributed by atoms with E-state index in [4.69, 9.17) is 33.9 Å². The zero-order valence-electron chi connectivity index (χ0n) is 11.6. The number of nitrogens with two attached hydrogens (primary N) is 1. The number of nitrogens with zero attached hydrogens (tertiary/aromatic N) is 2. The quantitative estimate of drug-likeness (QED) is 0.690. The lowest BCUT2D eigenvalue weighted by Crippen LogP contribution is -2.01. The van der Waals surface area contributed by atoms with Gasteiger partial charge in [-0.15, -0.1) is 0 Å². The molecule has 0 amide bonds. The highest BCUT2D eigenvalue weighted by Crippen LogP contribution is 2.31. The second-order valence-corrected chi connectivity index (χ2v) is 5.82. The maximum Gasteiger partial charge on any atom is 0.143 e. The monoisotopic (exact) mass is 319 g/mol. The molecule has 108 valence electrons. The highest BCUT2D eigenvalue weighted by molar-refractivity contribution is 6.31. The molecule has 0 aliphatic carbocycles. The van der Waals surface area contributed by atoms with Crippen LogP contribution < -0.4 is 5.73 Å². The third-order valence-electron chi connectivity index (χ3n) is 3.41.